The summed E-state index contributed by atoms with van der Waals surface area (Å²) in [5.41, 5.74) is 11.0. The number of hydrogen-bond acceptors (Lipinski definition) is 4. The van der Waals surface area contributed by atoms with Gasteiger partial charge in [-0.15, -0.1) is 5.10 Å². The van der Waals surface area contributed by atoms with Gasteiger partial charge in [-0.1, -0.05) is 12.1 Å². The number of phenols is 1. The molecule has 1 rings (SSSR count). The predicted octanol–water partition coefficient (Wildman–Crippen LogP) is 0.673. The second kappa shape index (κ2) is 6.16. The van der Waals surface area contributed by atoms with Crippen LogP contribution in [0.15, 0.2) is 34.5 Å². The molecular weight excluding hydrogens is 220 g/mol. The highest BCUT2D eigenvalue weighted by Crippen LogP contribution is 2.26. The van der Waals surface area contributed by atoms with Crippen molar-refractivity contribution in [3.8, 4) is 11.5 Å². The number of allylic oxidation sites excluding steroid dienone is 1. The van der Waals surface area contributed by atoms with E-state index >= 15 is 0 Å². The zero-order valence-electron chi connectivity index (χ0n) is 9.37. The molecule has 6 nitrogen and oxygen atoms in total. The number of aromatic hydroxyl groups is 1. The average Bonchev–Trinajstić information content (AvgIpc) is 2.30. The van der Waals surface area contributed by atoms with Gasteiger partial charge in [0.15, 0.2) is 11.5 Å². The molecule has 0 aliphatic heterocycles. The highest BCUT2D eigenvalue weighted by atomic mass is 16.5. The van der Waals surface area contributed by atoms with Crippen molar-refractivity contribution >= 4 is 18.3 Å². The first-order valence-corrected chi connectivity index (χ1v) is 4.79. The molecule has 1 aromatic rings. The molecule has 90 valence electrons. The molecule has 0 atom stereocenters. The van der Waals surface area contributed by atoms with Crippen LogP contribution in [-0.4, -0.2) is 24.4 Å². The van der Waals surface area contributed by atoms with Gasteiger partial charge in [0.05, 0.1) is 7.11 Å². The fraction of sp³-hybridized carbons (Fsp3) is 0.0909. The van der Waals surface area contributed by atoms with Crippen molar-refractivity contribution in [3.05, 3.63) is 29.8 Å². The van der Waals surface area contributed by atoms with Crippen LogP contribution in [0, 0.1) is 0 Å². The Hall–Kier alpha value is -2.50. The Morgan fingerprint density at radius 1 is 1.41 bits per heavy atom. The Bertz CT molecular complexity index is 463. The van der Waals surface area contributed by atoms with E-state index in [4.69, 9.17) is 16.2 Å². The summed E-state index contributed by atoms with van der Waals surface area (Å²) in [6.07, 6.45) is 4.88. The molecule has 0 bridgehead atoms. The van der Waals surface area contributed by atoms with E-state index in [1.54, 1.807) is 30.4 Å². The van der Waals surface area contributed by atoms with Crippen molar-refractivity contribution < 1.29 is 9.84 Å². The van der Waals surface area contributed by atoms with E-state index in [2.05, 4.69) is 10.2 Å². The first-order chi connectivity index (χ1) is 8.13. The van der Waals surface area contributed by atoms with Crippen LogP contribution in [0.5, 0.6) is 11.5 Å². The maximum atomic E-state index is 9.38. The molecule has 6 heteroatoms. The van der Waals surface area contributed by atoms with E-state index in [0.717, 1.165) is 5.56 Å². The largest absolute Gasteiger partial charge is 0.504 e. The van der Waals surface area contributed by atoms with Crippen LogP contribution in [-0.2, 0) is 0 Å². The quantitative estimate of drug-likeness (QED) is 0.404. The maximum absolute atomic E-state index is 9.38. The minimum Gasteiger partial charge on any atom is -0.504 e. The van der Waals surface area contributed by atoms with Crippen LogP contribution >= 0.6 is 0 Å². The fourth-order valence-electron chi connectivity index (χ4n) is 1.09. The average molecular weight is 234 g/mol. The highest BCUT2D eigenvalue weighted by molar-refractivity contribution is 5.80. The third-order valence-electron chi connectivity index (χ3n) is 1.82. The van der Waals surface area contributed by atoms with Gasteiger partial charge in [0, 0.05) is 6.21 Å². The summed E-state index contributed by atoms with van der Waals surface area (Å²) >= 11 is 0. The molecule has 0 aliphatic rings. The Morgan fingerprint density at radius 3 is 2.82 bits per heavy atom. The Morgan fingerprint density at radius 2 is 2.18 bits per heavy atom. The summed E-state index contributed by atoms with van der Waals surface area (Å²) in [6, 6.07) is 4.98. The number of nitrogens with zero attached hydrogens (tertiary/aromatic N) is 2. The lowest BCUT2D eigenvalue weighted by Gasteiger charge is -2.03. The van der Waals surface area contributed by atoms with Crippen LogP contribution in [0.25, 0.3) is 6.08 Å². The van der Waals surface area contributed by atoms with Crippen molar-refractivity contribution in [3.63, 3.8) is 0 Å². The number of benzene rings is 1. The van der Waals surface area contributed by atoms with E-state index < -0.39 is 0 Å². The topological polar surface area (TPSA) is 106 Å². The molecule has 0 aromatic heterocycles. The smallest absolute Gasteiger partial charge is 0.211 e. The molecule has 0 saturated carbocycles. The monoisotopic (exact) mass is 234 g/mol. The highest BCUT2D eigenvalue weighted by Gasteiger charge is 1.99. The van der Waals surface area contributed by atoms with Crippen LogP contribution in [0.4, 0.5) is 0 Å². The van der Waals surface area contributed by atoms with Crippen LogP contribution in [0.2, 0.25) is 0 Å². The van der Waals surface area contributed by atoms with E-state index in [9.17, 15) is 5.11 Å². The van der Waals surface area contributed by atoms with Gasteiger partial charge in [0.2, 0.25) is 5.96 Å². The lowest BCUT2D eigenvalue weighted by atomic mass is 10.2. The minimum absolute atomic E-state index is 0.0961. The van der Waals surface area contributed by atoms with Gasteiger partial charge in [-0.2, -0.15) is 5.10 Å². The summed E-state index contributed by atoms with van der Waals surface area (Å²) in [4.78, 5) is 0. The van der Waals surface area contributed by atoms with Gasteiger partial charge in [-0.3, -0.25) is 0 Å². The number of rotatable bonds is 4. The molecule has 0 radical (unpaired) electrons. The van der Waals surface area contributed by atoms with Gasteiger partial charge in [0.1, 0.15) is 0 Å². The number of ether oxygens (including phenoxy) is 1. The summed E-state index contributed by atoms with van der Waals surface area (Å²) in [6.45, 7) is 0. The maximum Gasteiger partial charge on any atom is 0.211 e. The predicted molar refractivity (Wildman–Crippen MR) is 68.0 cm³/mol. The van der Waals surface area contributed by atoms with Crippen molar-refractivity contribution in [1.29, 1.82) is 0 Å². The van der Waals surface area contributed by atoms with E-state index in [0.29, 0.717) is 5.75 Å². The molecule has 0 unspecified atom stereocenters. The Labute approximate surface area is 98.9 Å². The van der Waals surface area contributed by atoms with Crippen LogP contribution in [0.3, 0.4) is 0 Å². The lowest BCUT2D eigenvalue weighted by Crippen LogP contribution is -2.21. The number of nitrogens with two attached hydrogens (primary N) is 2. The van der Waals surface area contributed by atoms with Crippen molar-refractivity contribution in [2.45, 2.75) is 0 Å². The number of methoxy groups -OCH3 is 1. The van der Waals surface area contributed by atoms with Crippen molar-refractivity contribution in [2.24, 2.45) is 21.7 Å². The zero-order valence-corrected chi connectivity index (χ0v) is 9.37. The molecule has 0 saturated heterocycles. The standard InChI is InChI=1S/C11H14N4O2/c1-17-10-7-8(4-5-9(10)16)3-2-6-14-15-11(12)13/h2-7,16H,1H3,(H4,12,13,15)/b3-2+,14-6+. The summed E-state index contributed by atoms with van der Waals surface area (Å²) in [7, 11) is 1.49. The number of guanidine groups is 1. The van der Waals surface area contributed by atoms with E-state index in [1.165, 1.54) is 13.3 Å². The number of hydrogen-bond donors (Lipinski definition) is 3. The SMILES string of the molecule is COc1cc(/C=C/C=N/N=C(N)N)ccc1O. The van der Waals surface area contributed by atoms with Gasteiger partial charge in [-0.05, 0) is 23.8 Å². The molecule has 0 heterocycles. The third-order valence-corrected chi connectivity index (χ3v) is 1.82. The van der Waals surface area contributed by atoms with Gasteiger partial charge in [-0.25, -0.2) is 0 Å². The lowest BCUT2D eigenvalue weighted by molar-refractivity contribution is 0.373. The minimum atomic E-state index is -0.0963. The summed E-state index contributed by atoms with van der Waals surface area (Å²) in [5.74, 6) is 0.410. The van der Waals surface area contributed by atoms with Crippen LogP contribution in [0.1, 0.15) is 5.56 Å². The first kappa shape index (κ1) is 12.6. The van der Waals surface area contributed by atoms with Gasteiger partial charge >= 0.3 is 0 Å². The van der Waals surface area contributed by atoms with Gasteiger partial charge in [0.25, 0.3) is 0 Å². The number of phenolic OH excluding ortho intramolecular Hbond substituents is 1. The second-order valence-electron chi connectivity index (χ2n) is 3.08. The zero-order chi connectivity index (χ0) is 12.7. The Balaban J connectivity index is 2.72. The third kappa shape index (κ3) is 4.25. The molecule has 5 N–H and O–H groups in total. The molecule has 1 aromatic carbocycles. The molecular formula is C11H14N4O2. The molecule has 0 fully saturated rings. The Kier molecular flexibility index (Phi) is 4.56. The summed E-state index contributed by atoms with van der Waals surface area (Å²) < 4.78 is 4.97. The van der Waals surface area contributed by atoms with E-state index in [-0.39, 0.29) is 11.7 Å². The summed E-state index contributed by atoms with van der Waals surface area (Å²) in [5, 5.41) is 16.4. The van der Waals surface area contributed by atoms with Crippen LogP contribution < -0.4 is 16.2 Å². The molecule has 0 spiro atoms. The van der Waals surface area contributed by atoms with E-state index in [1.807, 2.05) is 0 Å². The second-order valence-corrected chi connectivity index (χ2v) is 3.08. The molecule has 0 amide bonds. The normalized spacial score (nSPS) is 10.9. The van der Waals surface area contributed by atoms with Gasteiger partial charge < -0.3 is 21.3 Å². The molecule has 0 aliphatic carbocycles. The fourth-order valence-corrected chi connectivity index (χ4v) is 1.09. The van der Waals surface area contributed by atoms with Crippen molar-refractivity contribution in [1.82, 2.24) is 0 Å². The van der Waals surface area contributed by atoms with Crippen molar-refractivity contribution in [2.75, 3.05) is 7.11 Å². The first-order valence-electron chi connectivity index (χ1n) is 4.79. The molecule has 17 heavy (non-hydrogen) atoms.